The molecule has 0 heterocycles. The molecule has 0 aromatic rings. The van der Waals surface area contributed by atoms with Crippen molar-refractivity contribution in [3.05, 3.63) is 21.8 Å². The maximum absolute atomic E-state index is 3.82. The summed E-state index contributed by atoms with van der Waals surface area (Å²) in [6.45, 7) is 8.24. The van der Waals surface area contributed by atoms with E-state index in [4.69, 9.17) is 0 Å². The molecule has 0 spiro atoms. The monoisotopic (exact) mass is 264 g/mol. The zero-order valence-electron chi connectivity index (χ0n) is 7.49. The lowest BCUT2D eigenvalue weighted by atomic mass is 10.1. The first-order valence-electron chi connectivity index (χ1n) is 4.26. The van der Waals surface area contributed by atoms with Gasteiger partial charge in [0.25, 0.3) is 0 Å². The fourth-order valence-corrected chi connectivity index (χ4v) is 2.03. The highest BCUT2D eigenvalue weighted by molar-refractivity contribution is 14.1. The van der Waals surface area contributed by atoms with Crippen LogP contribution >= 0.6 is 22.6 Å². The summed E-state index contributed by atoms with van der Waals surface area (Å²) >= 11 is 2.44. The van der Waals surface area contributed by atoms with Crippen LogP contribution in [0.25, 0.3) is 0 Å². The predicted octanol–water partition coefficient (Wildman–Crippen LogP) is 4.46. The summed E-state index contributed by atoms with van der Waals surface area (Å²) in [5, 5.41) is 0. The van der Waals surface area contributed by atoms with E-state index in [0.29, 0.717) is 0 Å². The zero-order valence-corrected chi connectivity index (χ0v) is 9.65. The molecule has 64 valence electrons. The predicted molar refractivity (Wildman–Crippen MR) is 61.1 cm³/mol. The number of rotatable bonds is 5. The first-order valence-corrected chi connectivity index (χ1v) is 5.34. The molecule has 0 amide bonds. The van der Waals surface area contributed by atoms with Gasteiger partial charge < -0.3 is 0 Å². The molecule has 0 aliphatic rings. The SMILES string of the molecule is C=C/C(CCC)=C(/I)CCC. The summed E-state index contributed by atoms with van der Waals surface area (Å²) in [6, 6.07) is 0. The molecule has 0 bridgehead atoms. The summed E-state index contributed by atoms with van der Waals surface area (Å²) in [4.78, 5) is 0. The molecule has 0 aromatic heterocycles. The third-order valence-corrected chi connectivity index (χ3v) is 2.82. The maximum atomic E-state index is 3.82. The third-order valence-electron chi connectivity index (χ3n) is 1.58. The van der Waals surface area contributed by atoms with Crippen molar-refractivity contribution in [1.29, 1.82) is 0 Å². The highest BCUT2D eigenvalue weighted by Crippen LogP contribution is 2.22. The summed E-state index contributed by atoms with van der Waals surface area (Å²) in [5.74, 6) is 0. The van der Waals surface area contributed by atoms with Gasteiger partial charge in [0.05, 0.1) is 0 Å². The second-order valence-corrected chi connectivity index (χ2v) is 3.94. The van der Waals surface area contributed by atoms with Crippen molar-refractivity contribution in [3.8, 4) is 0 Å². The fraction of sp³-hybridized carbons (Fsp3) is 0.600. The Labute approximate surface area is 83.9 Å². The molecule has 0 aliphatic carbocycles. The van der Waals surface area contributed by atoms with Crippen LogP contribution in [-0.2, 0) is 0 Å². The second-order valence-electron chi connectivity index (χ2n) is 2.63. The van der Waals surface area contributed by atoms with Crippen molar-refractivity contribution in [2.75, 3.05) is 0 Å². The first kappa shape index (κ1) is 11.2. The summed E-state index contributed by atoms with van der Waals surface area (Å²) in [7, 11) is 0. The van der Waals surface area contributed by atoms with Crippen LogP contribution in [0.15, 0.2) is 21.8 Å². The van der Waals surface area contributed by atoms with Crippen molar-refractivity contribution in [2.45, 2.75) is 39.5 Å². The number of hydrogen-bond donors (Lipinski definition) is 0. The molecule has 1 heteroatoms. The standard InChI is InChI=1S/C10H17I/c1-4-7-9(6-3)10(11)8-5-2/h6H,3-5,7-8H2,1-2H3/b10-9-. The van der Waals surface area contributed by atoms with Crippen molar-refractivity contribution in [1.82, 2.24) is 0 Å². The van der Waals surface area contributed by atoms with Crippen LogP contribution in [0.3, 0.4) is 0 Å². The van der Waals surface area contributed by atoms with Gasteiger partial charge in [-0.1, -0.05) is 39.3 Å². The van der Waals surface area contributed by atoms with Crippen LogP contribution in [0.5, 0.6) is 0 Å². The molecule has 0 fully saturated rings. The van der Waals surface area contributed by atoms with E-state index in [1.54, 1.807) is 0 Å². The van der Waals surface area contributed by atoms with Crippen molar-refractivity contribution >= 4 is 22.6 Å². The normalized spacial score (nSPS) is 12.6. The fourth-order valence-electron chi connectivity index (χ4n) is 0.998. The van der Waals surface area contributed by atoms with Crippen molar-refractivity contribution < 1.29 is 0 Å². The molecule has 0 radical (unpaired) electrons. The van der Waals surface area contributed by atoms with Gasteiger partial charge in [0.1, 0.15) is 0 Å². The van der Waals surface area contributed by atoms with E-state index in [2.05, 4.69) is 43.0 Å². The van der Waals surface area contributed by atoms with Gasteiger partial charge in [-0.3, -0.25) is 0 Å². The molecule has 0 saturated carbocycles. The molecule has 0 aliphatic heterocycles. The Bertz CT molecular complexity index is 145. The average molecular weight is 264 g/mol. The van der Waals surface area contributed by atoms with Crippen LogP contribution < -0.4 is 0 Å². The third kappa shape index (κ3) is 4.62. The zero-order chi connectivity index (χ0) is 8.69. The van der Waals surface area contributed by atoms with E-state index in [9.17, 15) is 0 Å². The van der Waals surface area contributed by atoms with Gasteiger partial charge in [-0.2, -0.15) is 0 Å². The maximum Gasteiger partial charge on any atom is -0.00624 e. The second kappa shape index (κ2) is 6.89. The minimum absolute atomic E-state index is 1.18. The van der Waals surface area contributed by atoms with E-state index in [1.165, 1.54) is 34.8 Å². The number of hydrogen-bond acceptors (Lipinski definition) is 0. The molecular formula is C10H17I. The van der Waals surface area contributed by atoms with Gasteiger partial charge in [0, 0.05) is 0 Å². The van der Waals surface area contributed by atoms with E-state index in [1.807, 2.05) is 6.08 Å². The van der Waals surface area contributed by atoms with E-state index in [-0.39, 0.29) is 0 Å². The van der Waals surface area contributed by atoms with Gasteiger partial charge in [0.15, 0.2) is 0 Å². The number of halogens is 1. The Morgan fingerprint density at radius 3 is 2.18 bits per heavy atom. The van der Waals surface area contributed by atoms with Gasteiger partial charge in [0.2, 0.25) is 0 Å². The van der Waals surface area contributed by atoms with Crippen LogP contribution in [-0.4, -0.2) is 0 Å². The lowest BCUT2D eigenvalue weighted by molar-refractivity contribution is 0.891. The van der Waals surface area contributed by atoms with E-state index in [0.717, 1.165) is 0 Å². The van der Waals surface area contributed by atoms with Crippen LogP contribution in [0.4, 0.5) is 0 Å². The largest absolute Gasteiger partial charge is 0.0988 e. The molecule has 0 aromatic carbocycles. The average Bonchev–Trinajstić information content (AvgIpc) is 2.00. The van der Waals surface area contributed by atoms with Gasteiger partial charge in [-0.05, 0) is 44.6 Å². The molecule has 11 heavy (non-hydrogen) atoms. The molecular weight excluding hydrogens is 247 g/mol. The van der Waals surface area contributed by atoms with Crippen molar-refractivity contribution in [3.63, 3.8) is 0 Å². The van der Waals surface area contributed by atoms with E-state index < -0.39 is 0 Å². The van der Waals surface area contributed by atoms with Crippen LogP contribution in [0.2, 0.25) is 0 Å². The quantitative estimate of drug-likeness (QED) is 0.508. The van der Waals surface area contributed by atoms with E-state index >= 15 is 0 Å². The summed E-state index contributed by atoms with van der Waals surface area (Å²) in [5.41, 5.74) is 1.44. The Balaban J connectivity index is 4.14. The Kier molecular flexibility index (Phi) is 7.02. The Morgan fingerprint density at radius 2 is 1.82 bits per heavy atom. The smallest absolute Gasteiger partial charge is 0.00624 e. The topological polar surface area (TPSA) is 0 Å². The highest BCUT2D eigenvalue weighted by Gasteiger charge is 1.97. The molecule has 0 atom stereocenters. The lowest BCUT2D eigenvalue weighted by Gasteiger charge is -2.03. The Hall–Kier alpha value is 0.210. The number of allylic oxidation sites excluding steroid dienone is 3. The Morgan fingerprint density at radius 1 is 1.27 bits per heavy atom. The van der Waals surface area contributed by atoms with Gasteiger partial charge >= 0.3 is 0 Å². The lowest BCUT2D eigenvalue weighted by Crippen LogP contribution is -1.82. The first-order chi connectivity index (χ1) is 5.26. The van der Waals surface area contributed by atoms with Gasteiger partial charge in [-0.15, -0.1) is 0 Å². The minimum atomic E-state index is 1.18. The van der Waals surface area contributed by atoms with Crippen LogP contribution in [0.1, 0.15) is 39.5 Å². The van der Waals surface area contributed by atoms with Gasteiger partial charge in [-0.25, -0.2) is 0 Å². The molecule has 0 nitrogen and oxygen atoms in total. The van der Waals surface area contributed by atoms with Crippen LogP contribution in [0, 0.1) is 0 Å². The van der Waals surface area contributed by atoms with Crippen molar-refractivity contribution in [2.24, 2.45) is 0 Å². The summed E-state index contributed by atoms with van der Waals surface area (Å²) in [6.07, 6.45) is 6.85. The molecule has 0 N–H and O–H groups in total. The molecule has 0 unspecified atom stereocenters. The summed E-state index contributed by atoms with van der Waals surface area (Å²) < 4.78 is 1.49. The highest BCUT2D eigenvalue weighted by atomic mass is 127. The minimum Gasteiger partial charge on any atom is -0.0988 e. The molecule has 0 saturated heterocycles. The molecule has 0 rings (SSSR count).